The Morgan fingerprint density at radius 2 is 0.440 bits per heavy atom. The number of hydrogen-bond acceptors (Lipinski definition) is 18. The second-order valence-electron chi connectivity index (χ2n) is 1.79. The zero-order valence-corrected chi connectivity index (χ0v) is 30.1. The van der Waals surface area contributed by atoms with E-state index in [4.69, 9.17) is 4.21 Å². The molecular weight excluding hydrogens is 1110 g/mol. The van der Waals surface area contributed by atoms with E-state index in [9.17, 15) is 39.1 Å². The molecule has 0 unspecified atom stereocenters. The zero-order valence-electron chi connectivity index (χ0n) is 10.4. The first-order valence-electron chi connectivity index (χ1n) is 3.09. The van der Waals surface area contributed by atoms with E-state index in [0.29, 0.717) is 0 Å². The van der Waals surface area contributed by atoms with Gasteiger partial charge in [-0.1, -0.05) is 0 Å². The molecule has 0 bridgehead atoms. The molecule has 25 heteroatoms. The summed E-state index contributed by atoms with van der Waals surface area (Å²) in [5, 5.41) is 0. The van der Waals surface area contributed by atoms with E-state index < -0.39 is 22.8 Å². The van der Waals surface area contributed by atoms with Gasteiger partial charge in [-0.2, -0.15) is 51.4 Å². The van der Waals surface area contributed by atoms with Crippen molar-refractivity contribution >= 4 is 132 Å². The third kappa shape index (κ3) is 690. The van der Waals surface area contributed by atoms with Crippen LogP contribution in [0.3, 0.4) is 0 Å². The van der Waals surface area contributed by atoms with Crippen LogP contribution < -0.4 is 39.1 Å². The molecule has 0 atom stereocenters. The van der Waals surface area contributed by atoms with Crippen LogP contribution in [0.5, 0.6) is 0 Å². The maximum atomic E-state index is 9.29. The van der Waals surface area contributed by atoms with E-state index in [1.54, 1.807) is 0 Å². The molecule has 0 N–H and O–H groups in total. The van der Waals surface area contributed by atoms with E-state index in [-0.39, 0.29) is 63.2 Å². The van der Waals surface area contributed by atoms with Crippen LogP contribution in [0.25, 0.3) is 0 Å². The van der Waals surface area contributed by atoms with Crippen molar-refractivity contribution in [2.75, 3.05) is 0 Å². The standard InChI is InChI=1S/4H3O2PS2.OS.3W/c4*1-3(2,4)5;1-2;;;/h4*(H3,1,2,4,5);;;;/p-12. The molecule has 0 aliphatic carbocycles. The summed E-state index contributed by atoms with van der Waals surface area (Å²) in [6.07, 6.45) is 0. The second-order valence-corrected chi connectivity index (χ2v) is 19.7. The van der Waals surface area contributed by atoms with Crippen LogP contribution in [0.15, 0.2) is 0 Å². The SMILES string of the molecule is O=S.[O-]P([O-])(=S)[S-].[O-]P([O-])(=S)[S-].[O-]P([O-])(=S)[S-].[O-]P([O-])(=S)[S-].[W].[W].[W]. The van der Waals surface area contributed by atoms with Gasteiger partial charge in [-0.05, 0) is 0 Å². The molecule has 0 aromatic heterocycles. The van der Waals surface area contributed by atoms with Gasteiger partial charge in [-0.15, -0.1) is 0 Å². The van der Waals surface area contributed by atoms with Crippen molar-refractivity contribution in [2.45, 2.75) is 0 Å². The summed E-state index contributed by atoms with van der Waals surface area (Å²) in [6, 6.07) is 0. The van der Waals surface area contributed by atoms with Crippen LogP contribution in [-0.4, -0.2) is 4.21 Å². The molecule has 0 spiro atoms. The van der Waals surface area contributed by atoms with Crippen molar-refractivity contribution in [2.24, 2.45) is 0 Å². The molecule has 158 valence electrons. The van der Waals surface area contributed by atoms with Gasteiger partial charge in [-0.3, -0.25) is 0 Å². The van der Waals surface area contributed by atoms with Gasteiger partial charge in [0.05, 0.1) is 0 Å². The number of hydrogen-bond donors (Lipinski definition) is 0. The maximum Gasteiger partial charge on any atom is 0.197 e. The minimum Gasteiger partial charge on any atom is -0.850 e. The first-order chi connectivity index (χ1) is 9.00. The Balaban J connectivity index is -0.0000000239. The van der Waals surface area contributed by atoms with Crippen molar-refractivity contribution < 1.29 is 107 Å². The van der Waals surface area contributed by atoms with Crippen LogP contribution in [-0.2, 0) is 172 Å². The predicted molar refractivity (Wildman–Crippen MR) is 94.7 cm³/mol. The van der Waals surface area contributed by atoms with Crippen LogP contribution >= 0.6 is 22.8 Å². The van der Waals surface area contributed by atoms with Crippen molar-refractivity contribution in [3.8, 4) is 0 Å². The monoisotopic (exact) mass is 1110 g/mol. The van der Waals surface area contributed by atoms with Crippen molar-refractivity contribution in [1.29, 1.82) is 0 Å². The fourth-order valence-electron chi connectivity index (χ4n) is 0. The Kier molecular flexibility index (Phi) is 58.5. The van der Waals surface area contributed by atoms with Gasteiger partial charge >= 0.3 is 0 Å². The smallest absolute Gasteiger partial charge is 0.197 e. The molecule has 25 heavy (non-hydrogen) atoms. The topological polar surface area (TPSA) is 202 Å². The van der Waals surface area contributed by atoms with Crippen LogP contribution in [0.2, 0.25) is 0 Å². The summed E-state index contributed by atoms with van der Waals surface area (Å²) in [6.45, 7) is 0. The Labute approximate surface area is 234 Å². The van der Waals surface area contributed by atoms with Gasteiger partial charge in [0.2, 0.25) is 0 Å². The summed E-state index contributed by atoms with van der Waals surface area (Å²) in [5.41, 5.74) is -14.9. The Morgan fingerprint density at radius 1 is 0.440 bits per heavy atom. The van der Waals surface area contributed by atoms with E-state index in [0.717, 1.165) is 0 Å². The Morgan fingerprint density at radius 3 is 0.440 bits per heavy atom. The van der Waals surface area contributed by atoms with Gasteiger partial charge in [0.1, 0.15) is 0 Å². The van der Waals surface area contributed by atoms with Gasteiger partial charge < -0.3 is 111 Å². The minimum absolute atomic E-state index is 0. The Bertz CT molecular complexity index is 325. The zero-order chi connectivity index (χ0) is 20.0. The molecule has 0 heterocycles. The van der Waals surface area contributed by atoms with Crippen LogP contribution in [0.1, 0.15) is 0 Å². The largest absolute Gasteiger partial charge is 0.850 e. The molecule has 0 aromatic carbocycles. The van der Waals surface area contributed by atoms with Crippen LogP contribution in [0, 0.1) is 0 Å². The van der Waals surface area contributed by atoms with E-state index in [1.165, 1.54) is 0 Å². The fourth-order valence-corrected chi connectivity index (χ4v) is 0. The maximum absolute atomic E-state index is 9.29. The first-order valence-corrected chi connectivity index (χ1v) is 18.0. The summed E-state index contributed by atoms with van der Waals surface area (Å²) in [4.78, 5) is 74.3. The molecule has 9 nitrogen and oxygen atoms in total. The van der Waals surface area contributed by atoms with Gasteiger partial charge in [-0.25, -0.2) is 0 Å². The average molecular weight is 1110 g/mol. The van der Waals surface area contributed by atoms with Crippen LogP contribution in [0.4, 0.5) is 0 Å². The van der Waals surface area contributed by atoms with Gasteiger partial charge in [0.25, 0.3) is 0 Å². The molecule has 0 radical (unpaired) electrons. The van der Waals surface area contributed by atoms with Gasteiger partial charge in [0.15, 0.2) is 12.5 Å². The van der Waals surface area contributed by atoms with Crippen molar-refractivity contribution in [3.63, 3.8) is 0 Å². The molecular formula is O9P4S9W3-12. The molecule has 0 amide bonds. The summed E-state index contributed by atoms with van der Waals surface area (Å²) in [7, 11) is 0. The second kappa shape index (κ2) is 27.8. The quantitative estimate of drug-likeness (QED) is 0.164. The first kappa shape index (κ1) is 52.6. The Hall–Kier alpha value is 5.76. The minimum atomic E-state index is -3.72. The molecule has 0 saturated heterocycles. The molecule has 0 rings (SSSR count). The average Bonchev–Trinajstić information content (AvgIpc) is 1.92. The molecule has 0 aliphatic heterocycles. The molecule has 0 fully saturated rings. The van der Waals surface area contributed by atoms with Crippen molar-refractivity contribution in [1.82, 2.24) is 0 Å². The summed E-state index contributed by atoms with van der Waals surface area (Å²) >= 11 is 32.0. The molecule has 0 saturated carbocycles. The van der Waals surface area contributed by atoms with Crippen molar-refractivity contribution in [3.05, 3.63) is 0 Å². The summed E-state index contributed by atoms with van der Waals surface area (Å²) < 4.78 is 7.83. The van der Waals surface area contributed by atoms with E-state index in [2.05, 4.69) is 109 Å². The number of rotatable bonds is 0. The fraction of sp³-hybridized carbons (Fsp3) is 0. The third-order valence-electron chi connectivity index (χ3n) is 0. The molecule has 0 aromatic rings. The van der Waals surface area contributed by atoms with Gasteiger partial charge in [0, 0.05) is 63.2 Å². The third-order valence-corrected chi connectivity index (χ3v) is 0. The predicted octanol–water partition coefficient (Wildman–Crippen LogP) is -6.43. The molecule has 0 aliphatic rings. The van der Waals surface area contributed by atoms with E-state index in [1.807, 2.05) is 0 Å². The van der Waals surface area contributed by atoms with E-state index >= 15 is 0 Å². The normalized spacial score (nSPS) is 9.60. The summed E-state index contributed by atoms with van der Waals surface area (Å²) in [5.74, 6) is 0.